The van der Waals surface area contributed by atoms with Gasteiger partial charge < -0.3 is 11.1 Å². The Labute approximate surface area is 127 Å². The van der Waals surface area contributed by atoms with Gasteiger partial charge in [0, 0.05) is 12.7 Å². The van der Waals surface area contributed by atoms with Crippen LogP contribution in [0.1, 0.15) is 27.0 Å². The van der Waals surface area contributed by atoms with Crippen LogP contribution in [0, 0.1) is 19.7 Å². The third-order valence-electron chi connectivity index (χ3n) is 3.07. The van der Waals surface area contributed by atoms with E-state index in [9.17, 15) is 9.18 Å². The third-order valence-corrected chi connectivity index (χ3v) is 3.37. The number of nitrogens with zero attached hydrogens (tertiary/aromatic N) is 1. The van der Waals surface area contributed by atoms with E-state index in [4.69, 9.17) is 17.3 Å². The molecule has 0 unspecified atom stereocenters. The molecule has 0 radical (unpaired) electrons. The van der Waals surface area contributed by atoms with Gasteiger partial charge in [-0.1, -0.05) is 23.7 Å². The average Bonchev–Trinajstić information content (AvgIpc) is 2.44. The van der Waals surface area contributed by atoms with Crippen molar-refractivity contribution in [2.45, 2.75) is 20.4 Å². The Bertz CT molecular complexity index is 680. The van der Waals surface area contributed by atoms with Gasteiger partial charge in [-0.2, -0.15) is 0 Å². The van der Waals surface area contributed by atoms with Crippen LogP contribution in [-0.4, -0.2) is 10.9 Å². The number of benzene rings is 1. The SMILES string of the molecule is Cc1cc(CNC(=O)c2cc(N)ncc2Cl)cc(C)c1F. The second-order valence-corrected chi connectivity index (χ2v) is 5.22. The molecule has 0 atom stereocenters. The Morgan fingerprint density at radius 3 is 2.57 bits per heavy atom. The van der Waals surface area contributed by atoms with Gasteiger partial charge in [0.15, 0.2) is 0 Å². The molecular weight excluding hydrogens is 293 g/mol. The van der Waals surface area contributed by atoms with Crippen LogP contribution in [-0.2, 0) is 6.54 Å². The van der Waals surface area contributed by atoms with Crippen LogP contribution in [0.5, 0.6) is 0 Å². The van der Waals surface area contributed by atoms with Crippen LogP contribution in [0.4, 0.5) is 10.2 Å². The first-order valence-electron chi connectivity index (χ1n) is 6.33. The Morgan fingerprint density at radius 1 is 1.33 bits per heavy atom. The molecule has 2 aromatic rings. The van der Waals surface area contributed by atoms with Gasteiger partial charge in [-0.25, -0.2) is 9.37 Å². The summed E-state index contributed by atoms with van der Waals surface area (Å²) >= 11 is 5.92. The summed E-state index contributed by atoms with van der Waals surface area (Å²) in [6.07, 6.45) is 1.33. The number of aryl methyl sites for hydroxylation is 2. The number of hydrogen-bond acceptors (Lipinski definition) is 3. The summed E-state index contributed by atoms with van der Waals surface area (Å²) in [5.74, 6) is -0.359. The van der Waals surface area contributed by atoms with E-state index in [1.165, 1.54) is 12.3 Å². The van der Waals surface area contributed by atoms with Crippen molar-refractivity contribution >= 4 is 23.3 Å². The number of amides is 1. The molecule has 0 aliphatic heterocycles. The number of carbonyl (C=O) groups is 1. The van der Waals surface area contributed by atoms with Gasteiger partial charge in [-0.15, -0.1) is 0 Å². The zero-order chi connectivity index (χ0) is 15.6. The molecule has 4 nitrogen and oxygen atoms in total. The summed E-state index contributed by atoms with van der Waals surface area (Å²) in [7, 11) is 0. The molecule has 1 aromatic carbocycles. The van der Waals surface area contributed by atoms with Crippen molar-refractivity contribution in [3.8, 4) is 0 Å². The zero-order valence-corrected chi connectivity index (χ0v) is 12.5. The lowest BCUT2D eigenvalue weighted by Crippen LogP contribution is -2.23. The Balaban J connectivity index is 2.13. The first kappa shape index (κ1) is 15.3. The Kier molecular flexibility index (Phi) is 4.43. The van der Waals surface area contributed by atoms with Gasteiger partial charge in [0.25, 0.3) is 5.91 Å². The summed E-state index contributed by atoms with van der Waals surface area (Å²) in [5.41, 5.74) is 7.71. The fraction of sp³-hybridized carbons (Fsp3) is 0.200. The zero-order valence-electron chi connectivity index (χ0n) is 11.7. The summed E-state index contributed by atoms with van der Waals surface area (Å²) in [6, 6.07) is 4.81. The lowest BCUT2D eigenvalue weighted by molar-refractivity contribution is 0.0951. The minimum Gasteiger partial charge on any atom is -0.384 e. The lowest BCUT2D eigenvalue weighted by atomic mass is 10.1. The molecular formula is C15H15ClFN3O. The van der Waals surface area contributed by atoms with Crippen molar-refractivity contribution in [3.05, 3.63) is 57.5 Å². The van der Waals surface area contributed by atoms with Gasteiger partial charge in [-0.3, -0.25) is 4.79 Å². The van der Waals surface area contributed by atoms with Gasteiger partial charge >= 0.3 is 0 Å². The molecule has 3 N–H and O–H groups in total. The maximum absolute atomic E-state index is 13.5. The number of pyridine rings is 1. The van der Waals surface area contributed by atoms with Crippen molar-refractivity contribution in [3.63, 3.8) is 0 Å². The van der Waals surface area contributed by atoms with Gasteiger partial charge in [0.2, 0.25) is 0 Å². The maximum atomic E-state index is 13.5. The van der Waals surface area contributed by atoms with Crippen molar-refractivity contribution in [1.82, 2.24) is 10.3 Å². The molecule has 0 spiro atoms. The van der Waals surface area contributed by atoms with Crippen molar-refractivity contribution in [2.75, 3.05) is 5.73 Å². The highest BCUT2D eigenvalue weighted by atomic mass is 35.5. The van der Waals surface area contributed by atoms with Crippen LogP contribution < -0.4 is 11.1 Å². The summed E-state index contributed by atoms with van der Waals surface area (Å²) in [6.45, 7) is 3.65. The monoisotopic (exact) mass is 307 g/mol. The minimum absolute atomic E-state index is 0.220. The normalized spacial score (nSPS) is 10.5. The van der Waals surface area contributed by atoms with E-state index in [2.05, 4.69) is 10.3 Å². The Morgan fingerprint density at radius 2 is 1.95 bits per heavy atom. The molecule has 0 fully saturated rings. The van der Waals surface area contributed by atoms with Crippen molar-refractivity contribution in [1.29, 1.82) is 0 Å². The molecule has 0 aliphatic carbocycles. The van der Waals surface area contributed by atoms with E-state index < -0.39 is 0 Å². The largest absolute Gasteiger partial charge is 0.384 e. The number of nitrogens with two attached hydrogens (primary N) is 1. The van der Waals surface area contributed by atoms with Gasteiger partial charge in [0.1, 0.15) is 11.6 Å². The topological polar surface area (TPSA) is 68.0 Å². The quantitative estimate of drug-likeness (QED) is 0.916. The van der Waals surface area contributed by atoms with E-state index in [1.807, 2.05) is 0 Å². The number of nitrogen functional groups attached to an aromatic ring is 1. The standard InChI is InChI=1S/C15H15ClFN3O/c1-8-3-10(4-9(2)14(8)17)6-20-15(21)11-5-13(18)19-7-12(11)16/h3-5,7H,6H2,1-2H3,(H2,18,19)(H,20,21). The van der Waals surface area contributed by atoms with Crippen molar-refractivity contribution < 1.29 is 9.18 Å². The molecule has 2 rings (SSSR count). The first-order valence-corrected chi connectivity index (χ1v) is 6.71. The molecule has 0 aliphatic rings. The summed E-state index contributed by atoms with van der Waals surface area (Å²) in [4.78, 5) is 15.9. The molecule has 0 saturated heterocycles. The van der Waals surface area contributed by atoms with Crippen LogP contribution in [0.25, 0.3) is 0 Å². The van der Waals surface area contributed by atoms with E-state index in [0.29, 0.717) is 11.1 Å². The predicted molar refractivity (Wildman–Crippen MR) is 80.7 cm³/mol. The van der Waals surface area contributed by atoms with Crippen LogP contribution in [0.15, 0.2) is 24.4 Å². The number of halogens is 2. The Hall–Kier alpha value is -2.14. The molecule has 0 bridgehead atoms. The van der Waals surface area contributed by atoms with E-state index in [0.717, 1.165) is 5.56 Å². The minimum atomic E-state index is -0.353. The number of anilines is 1. The molecule has 1 aromatic heterocycles. The molecule has 110 valence electrons. The highest BCUT2D eigenvalue weighted by molar-refractivity contribution is 6.33. The van der Waals surface area contributed by atoms with Crippen LogP contribution in [0.2, 0.25) is 5.02 Å². The van der Waals surface area contributed by atoms with Crippen LogP contribution in [0.3, 0.4) is 0 Å². The fourth-order valence-electron chi connectivity index (χ4n) is 2.04. The molecule has 1 heterocycles. The second kappa shape index (κ2) is 6.10. The molecule has 0 saturated carbocycles. The third kappa shape index (κ3) is 3.49. The molecule has 6 heteroatoms. The summed E-state index contributed by atoms with van der Waals surface area (Å²) in [5, 5.41) is 2.96. The number of aromatic nitrogens is 1. The lowest BCUT2D eigenvalue weighted by Gasteiger charge is -2.09. The highest BCUT2D eigenvalue weighted by Gasteiger charge is 2.12. The summed E-state index contributed by atoms with van der Waals surface area (Å²) < 4.78 is 13.5. The maximum Gasteiger partial charge on any atom is 0.253 e. The van der Waals surface area contributed by atoms with Gasteiger partial charge in [0.05, 0.1) is 10.6 Å². The number of carbonyl (C=O) groups excluding carboxylic acids is 1. The number of hydrogen-bond donors (Lipinski definition) is 2. The second-order valence-electron chi connectivity index (χ2n) is 4.82. The average molecular weight is 308 g/mol. The van der Waals surface area contributed by atoms with E-state index in [-0.39, 0.29) is 34.7 Å². The van der Waals surface area contributed by atoms with Gasteiger partial charge in [-0.05, 0) is 36.6 Å². The number of rotatable bonds is 3. The van der Waals surface area contributed by atoms with E-state index in [1.54, 1.807) is 26.0 Å². The predicted octanol–water partition coefficient (Wildman–Crippen LogP) is 3.00. The number of nitrogens with one attached hydrogen (secondary N) is 1. The van der Waals surface area contributed by atoms with E-state index >= 15 is 0 Å². The fourth-order valence-corrected chi connectivity index (χ4v) is 2.23. The molecule has 1 amide bonds. The highest BCUT2D eigenvalue weighted by Crippen LogP contribution is 2.17. The first-order chi connectivity index (χ1) is 9.88. The van der Waals surface area contributed by atoms with Crippen molar-refractivity contribution in [2.24, 2.45) is 0 Å². The van der Waals surface area contributed by atoms with Crippen LogP contribution >= 0.6 is 11.6 Å². The molecule has 21 heavy (non-hydrogen) atoms. The smallest absolute Gasteiger partial charge is 0.253 e.